The van der Waals surface area contributed by atoms with Gasteiger partial charge in [-0.05, 0) is 56.1 Å². The van der Waals surface area contributed by atoms with E-state index in [0.29, 0.717) is 5.41 Å². The average Bonchev–Trinajstić information content (AvgIpc) is 3.01. The Bertz CT molecular complexity index is 511. The number of hydrogen-bond donors (Lipinski definition) is 1. The molecule has 1 saturated heterocycles. The summed E-state index contributed by atoms with van der Waals surface area (Å²) in [5.41, 5.74) is 1.79. The predicted molar refractivity (Wildman–Crippen MR) is 87.7 cm³/mol. The molecule has 0 radical (unpaired) electrons. The van der Waals surface area contributed by atoms with Crippen LogP contribution >= 0.6 is 7.14 Å². The van der Waals surface area contributed by atoms with E-state index < -0.39 is 7.14 Å². The molecule has 0 unspecified atom stereocenters. The number of rotatable bonds is 6. The summed E-state index contributed by atoms with van der Waals surface area (Å²) in [7, 11) is -2.04. The SMILES string of the molecule is CC1(CCCNc2cccc(P3(=O)CCCC3)c2)CC1. The smallest absolute Gasteiger partial charge is 0.115 e. The van der Waals surface area contributed by atoms with Crippen LogP contribution < -0.4 is 10.6 Å². The third-order valence-electron chi connectivity index (χ3n) is 5.00. The fourth-order valence-electron chi connectivity index (χ4n) is 3.19. The average molecular weight is 291 g/mol. The molecule has 2 aliphatic rings. The predicted octanol–water partition coefficient (Wildman–Crippen LogP) is 4.46. The largest absolute Gasteiger partial charge is 0.385 e. The fraction of sp³-hybridized carbons (Fsp3) is 0.647. The maximum atomic E-state index is 12.8. The van der Waals surface area contributed by atoms with Crippen molar-refractivity contribution in [2.45, 2.75) is 45.4 Å². The fourth-order valence-corrected chi connectivity index (χ4v) is 6.13. The third kappa shape index (κ3) is 3.28. The van der Waals surface area contributed by atoms with Gasteiger partial charge in [-0.3, -0.25) is 0 Å². The van der Waals surface area contributed by atoms with E-state index in [2.05, 4.69) is 36.5 Å². The molecule has 0 amide bonds. The summed E-state index contributed by atoms with van der Waals surface area (Å²) in [6, 6.07) is 8.34. The number of benzene rings is 1. The van der Waals surface area contributed by atoms with Crippen molar-refractivity contribution in [1.29, 1.82) is 0 Å². The first-order valence-corrected chi connectivity index (χ1v) is 10.1. The van der Waals surface area contributed by atoms with Gasteiger partial charge in [-0.2, -0.15) is 0 Å². The molecule has 0 aromatic heterocycles. The van der Waals surface area contributed by atoms with Crippen LogP contribution in [0, 0.1) is 5.41 Å². The summed E-state index contributed by atoms with van der Waals surface area (Å²) in [4.78, 5) is 0. The zero-order valence-corrected chi connectivity index (χ0v) is 13.4. The van der Waals surface area contributed by atoms with Gasteiger partial charge in [0.25, 0.3) is 0 Å². The van der Waals surface area contributed by atoms with Crippen LogP contribution in [-0.2, 0) is 4.57 Å². The van der Waals surface area contributed by atoms with Crippen molar-refractivity contribution in [3.63, 3.8) is 0 Å². The summed E-state index contributed by atoms with van der Waals surface area (Å²) in [5, 5.41) is 4.60. The first-order valence-electron chi connectivity index (χ1n) is 8.02. The van der Waals surface area contributed by atoms with Gasteiger partial charge in [0.1, 0.15) is 7.14 Å². The molecule has 1 heterocycles. The monoisotopic (exact) mass is 291 g/mol. The molecule has 1 N–H and O–H groups in total. The van der Waals surface area contributed by atoms with Crippen LogP contribution in [0.15, 0.2) is 24.3 Å². The lowest BCUT2D eigenvalue weighted by Gasteiger charge is -2.14. The molecule has 1 aliphatic carbocycles. The lowest BCUT2D eigenvalue weighted by molar-refractivity contribution is 0.503. The summed E-state index contributed by atoms with van der Waals surface area (Å²) in [6.45, 7) is 3.42. The van der Waals surface area contributed by atoms with E-state index >= 15 is 0 Å². The molecule has 0 bridgehead atoms. The van der Waals surface area contributed by atoms with E-state index in [0.717, 1.165) is 42.7 Å². The lowest BCUT2D eigenvalue weighted by Crippen LogP contribution is -2.09. The van der Waals surface area contributed by atoms with Crippen LogP contribution in [0.2, 0.25) is 0 Å². The van der Waals surface area contributed by atoms with E-state index in [9.17, 15) is 4.57 Å². The molecular formula is C17H26NOP. The van der Waals surface area contributed by atoms with Gasteiger partial charge in [-0.1, -0.05) is 19.1 Å². The zero-order valence-electron chi connectivity index (χ0n) is 12.5. The third-order valence-corrected chi connectivity index (χ3v) is 8.29. The molecule has 0 atom stereocenters. The zero-order chi connectivity index (χ0) is 14.1. The topological polar surface area (TPSA) is 29.1 Å². The first-order chi connectivity index (χ1) is 9.60. The number of hydrogen-bond acceptors (Lipinski definition) is 2. The molecular weight excluding hydrogens is 265 g/mol. The maximum Gasteiger partial charge on any atom is 0.115 e. The molecule has 1 aromatic carbocycles. The second-order valence-electron chi connectivity index (χ2n) is 6.93. The highest BCUT2D eigenvalue weighted by Gasteiger charge is 2.36. The lowest BCUT2D eigenvalue weighted by atomic mass is 10.0. The molecule has 0 spiro atoms. The van der Waals surface area contributed by atoms with Crippen molar-refractivity contribution in [3.8, 4) is 0 Å². The van der Waals surface area contributed by atoms with Crippen molar-refractivity contribution in [3.05, 3.63) is 24.3 Å². The Morgan fingerprint density at radius 2 is 2.00 bits per heavy atom. The van der Waals surface area contributed by atoms with Gasteiger partial charge in [0.05, 0.1) is 0 Å². The van der Waals surface area contributed by atoms with Gasteiger partial charge >= 0.3 is 0 Å². The Balaban J connectivity index is 1.55. The minimum absolute atomic E-state index is 0.651. The highest BCUT2D eigenvalue weighted by molar-refractivity contribution is 7.71. The standard InChI is InChI=1S/C17H26NOP/c1-17(9-10-17)8-5-11-18-15-6-4-7-16(14-15)20(19)12-2-3-13-20/h4,6-7,14,18H,2-3,5,8-13H2,1H3. The Morgan fingerprint density at radius 1 is 1.25 bits per heavy atom. The van der Waals surface area contributed by atoms with Crippen molar-refractivity contribution in [2.24, 2.45) is 5.41 Å². The second kappa shape index (κ2) is 5.56. The van der Waals surface area contributed by atoms with Crippen molar-refractivity contribution in [2.75, 3.05) is 24.2 Å². The molecule has 3 rings (SSSR count). The minimum atomic E-state index is -2.04. The van der Waals surface area contributed by atoms with E-state index in [-0.39, 0.29) is 0 Å². The van der Waals surface area contributed by atoms with Crippen LogP contribution in [-0.4, -0.2) is 18.9 Å². The number of nitrogens with one attached hydrogen (secondary N) is 1. The molecule has 1 aromatic rings. The van der Waals surface area contributed by atoms with Crippen molar-refractivity contribution >= 4 is 18.1 Å². The quantitative estimate of drug-likeness (QED) is 0.619. The van der Waals surface area contributed by atoms with Gasteiger partial charge in [-0.25, -0.2) is 0 Å². The van der Waals surface area contributed by atoms with E-state index in [1.165, 1.54) is 25.7 Å². The van der Waals surface area contributed by atoms with E-state index in [4.69, 9.17) is 0 Å². The molecule has 20 heavy (non-hydrogen) atoms. The minimum Gasteiger partial charge on any atom is -0.385 e. The van der Waals surface area contributed by atoms with Crippen LogP contribution in [0.1, 0.15) is 45.4 Å². The van der Waals surface area contributed by atoms with E-state index in [1.807, 2.05) is 0 Å². The number of anilines is 1. The maximum absolute atomic E-state index is 12.8. The highest BCUT2D eigenvalue weighted by Crippen LogP contribution is 2.51. The Hall–Kier alpha value is -0.750. The first kappa shape index (κ1) is 14.2. The Labute approximate surface area is 122 Å². The molecule has 110 valence electrons. The molecule has 1 saturated carbocycles. The summed E-state index contributed by atoms with van der Waals surface area (Å²) < 4.78 is 12.8. The Morgan fingerprint density at radius 3 is 2.70 bits per heavy atom. The van der Waals surface area contributed by atoms with Crippen molar-refractivity contribution < 1.29 is 4.57 Å². The second-order valence-corrected chi connectivity index (χ2v) is 10.1. The van der Waals surface area contributed by atoms with E-state index in [1.54, 1.807) is 0 Å². The molecule has 2 nitrogen and oxygen atoms in total. The van der Waals surface area contributed by atoms with Gasteiger partial charge in [0, 0.05) is 29.9 Å². The van der Waals surface area contributed by atoms with Crippen LogP contribution in [0.25, 0.3) is 0 Å². The molecule has 3 heteroatoms. The Kier molecular flexibility index (Phi) is 3.95. The van der Waals surface area contributed by atoms with Crippen LogP contribution in [0.4, 0.5) is 5.69 Å². The summed E-state index contributed by atoms with van der Waals surface area (Å²) in [5.74, 6) is 0. The van der Waals surface area contributed by atoms with Gasteiger partial charge in [0.2, 0.25) is 0 Å². The summed E-state index contributed by atoms with van der Waals surface area (Å²) >= 11 is 0. The van der Waals surface area contributed by atoms with Gasteiger partial charge < -0.3 is 9.88 Å². The highest BCUT2D eigenvalue weighted by atomic mass is 31.2. The normalized spacial score (nSPS) is 22.6. The summed E-state index contributed by atoms with van der Waals surface area (Å²) in [6.07, 6.45) is 9.47. The molecule has 2 fully saturated rings. The van der Waals surface area contributed by atoms with Crippen LogP contribution in [0.5, 0.6) is 0 Å². The van der Waals surface area contributed by atoms with Gasteiger partial charge in [0.15, 0.2) is 0 Å². The van der Waals surface area contributed by atoms with Crippen molar-refractivity contribution in [1.82, 2.24) is 0 Å². The molecule has 1 aliphatic heterocycles. The van der Waals surface area contributed by atoms with Crippen LogP contribution in [0.3, 0.4) is 0 Å². The van der Waals surface area contributed by atoms with Gasteiger partial charge in [-0.15, -0.1) is 0 Å².